The van der Waals surface area contributed by atoms with Crippen molar-refractivity contribution >= 4 is 27.5 Å². The highest BCUT2D eigenvalue weighted by atomic mass is 32.2. The molecule has 7 nitrogen and oxygen atoms in total. The average molecular weight is 450 g/mol. The molecule has 31 heavy (non-hydrogen) atoms. The number of hydrogen-bond donors (Lipinski definition) is 3. The Kier molecular flexibility index (Phi) is 7.11. The zero-order valence-corrected chi connectivity index (χ0v) is 19.7. The molecule has 0 unspecified atom stereocenters. The number of benzene rings is 1. The third kappa shape index (κ3) is 6.07. The van der Waals surface area contributed by atoms with Crippen LogP contribution in [0.5, 0.6) is 0 Å². The van der Waals surface area contributed by atoms with Gasteiger partial charge in [0.1, 0.15) is 0 Å². The molecule has 0 spiro atoms. The molecule has 2 saturated carbocycles. The number of carbonyl (C=O) groups is 2. The molecule has 0 saturated heterocycles. The first kappa shape index (κ1) is 23.7. The molecule has 0 aliphatic heterocycles. The highest BCUT2D eigenvalue weighted by Crippen LogP contribution is 2.49. The number of amides is 2. The van der Waals surface area contributed by atoms with Gasteiger partial charge in [-0.1, -0.05) is 27.2 Å². The van der Waals surface area contributed by atoms with Crippen LogP contribution in [0.25, 0.3) is 0 Å². The molecule has 8 heteroatoms. The number of sulfonamides is 1. The fourth-order valence-electron chi connectivity index (χ4n) is 4.80. The van der Waals surface area contributed by atoms with Crippen molar-refractivity contribution in [2.24, 2.45) is 23.2 Å². The van der Waals surface area contributed by atoms with E-state index in [-0.39, 0.29) is 35.7 Å². The number of nitrogens with one attached hydrogen (secondary N) is 3. The predicted octanol–water partition coefficient (Wildman–Crippen LogP) is 3.28. The molecule has 3 rings (SSSR count). The lowest BCUT2D eigenvalue weighted by Crippen LogP contribution is -2.40. The monoisotopic (exact) mass is 449 g/mol. The van der Waals surface area contributed by atoms with Crippen molar-refractivity contribution in [3.63, 3.8) is 0 Å². The second-order valence-corrected chi connectivity index (χ2v) is 11.8. The third-order valence-corrected chi connectivity index (χ3v) is 8.12. The quantitative estimate of drug-likeness (QED) is 0.566. The van der Waals surface area contributed by atoms with E-state index in [4.69, 9.17) is 0 Å². The Balaban J connectivity index is 1.49. The number of fused-ring (bicyclic) bond motifs is 2. The van der Waals surface area contributed by atoms with Crippen LogP contribution in [0, 0.1) is 23.2 Å². The van der Waals surface area contributed by atoms with Crippen LogP contribution in [0.1, 0.15) is 59.8 Å². The van der Waals surface area contributed by atoms with Crippen molar-refractivity contribution in [1.82, 2.24) is 10.0 Å². The van der Waals surface area contributed by atoms with Gasteiger partial charge in [-0.2, -0.15) is 0 Å². The molecule has 0 heterocycles. The van der Waals surface area contributed by atoms with Gasteiger partial charge in [-0.3, -0.25) is 9.59 Å². The first-order valence-corrected chi connectivity index (χ1v) is 12.6. The molecule has 172 valence electrons. The predicted molar refractivity (Wildman–Crippen MR) is 121 cm³/mol. The number of hydrogen-bond acceptors (Lipinski definition) is 4. The minimum Gasteiger partial charge on any atom is -0.355 e. The van der Waals surface area contributed by atoms with E-state index >= 15 is 0 Å². The van der Waals surface area contributed by atoms with Gasteiger partial charge in [0.2, 0.25) is 21.8 Å². The van der Waals surface area contributed by atoms with Crippen LogP contribution in [-0.4, -0.2) is 32.8 Å². The van der Waals surface area contributed by atoms with Gasteiger partial charge in [-0.15, -0.1) is 0 Å². The highest BCUT2D eigenvalue weighted by Gasteiger charge is 2.42. The molecule has 4 atom stereocenters. The highest BCUT2D eigenvalue weighted by molar-refractivity contribution is 7.89. The fraction of sp³-hybridized carbons (Fsp3) is 0.652. The first-order chi connectivity index (χ1) is 14.5. The maximum Gasteiger partial charge on any atom is 0.240 e. The van der Waals surface area contributed by atoms with Crippen molar-refractivity contribution in [3.05, 3.63) is 24.3 Å². The molecule has 2 aliphatic carbocycles. The van der Waals surface area contributed by atoms with Crippen molar-refractivity contribution in [2.75, 3.05) is 11.9 Å². The summed E-state index contributed by atoms with van der Waals surface area (Å²) >= 11 is 0. The third-order valence-electron chi connectivity index (χ3n) is 6.54. The van der Waals surface area contributed by atoms with Gasteiger partial charge in [-0.25, -0.2) is 13.1 Å². The normalized spacial score (nSPS) is 24.1. The smallest absolute Gasteiger partial charge is 0.240 e. The summed E-state index contributed by atoms with van der Waals surface area (Å²) < 4.78 is 28.4. The van der Waals surface area contributed by atoms with Gasteiger partial charge in [0.05, 0.1) is 4.90 Å². The van der Waals surface area contributed by atoms with Gasteiger partial charge in [0.15, 0.2) is 0 Å². The molecular formula is C23H35N3O4S. The molecule has 0 radical (unpaired) electrons. The molecule has 2 amide bonds. The molecule has 2 aliphatic rings. The van der Waals surface area contributed by atoms with Crippen LogP contribution in [0.2, 0.25) is 0 Å². The summed E-state index contributed by atoms with van der Waals surface area (Å²) in [5.74, 6) is 1.49. The lowest BCUT2D eigenvalue weighted by Gasteiger charge is -2.28. The Morgan fingerprint density at radius 3 is 2.32 bits per heavy atom. The zero-order chi connectivity index (χ0) is 22.8. The standard InChI is InChI=1S/C23H35N3O4S/c1-15(20-14-16-5-6-17(20)13-16)26-31(29,30)19-9-7-18(8-10-19)25-21(27)11-12-24-22(28)23(2,3)4/h7-10,15-17,20,26H,5-6,11-14H2,1-4H3,(H,24,28)(H,25,27)/t15-,16+,17+,20+/m1/s1. The molecule has 2 bridgehead atoms. The van der Waals surface area contributed by atoms with E-state index in [2.05, 4.69) is 15.4 Å². The number of anilines is 1. The van der Waals surface area contributed by atoms with Crippen molar-refractivity contribution in [3.8, 4) is 0 Å². The van der Waals surface area contributed by atoms with Crippen LogP contribution in [0.15, 0.2) is 29.2 Å². The van der Waals surface area contributed by atoms with Crippen molar-refractivity contribution in [2.45, 2.75) is 70.7 Å². The maximum absolute atomic E-state index is 12.8. The summed E-state index contributed by atoms with van der Waals surface area (Å²) in [4.78, 5) is 24.1. The van der Waals surface area contributed by atoms with E-state index in [1.807, 2.05) is 27.7 Å². The maximum atomic E-state index is 12.8. The lowest BCUT2D eigenvalue weighted by molar-refractivity contribution is -0.128. The van der Waals surface area contributed by atoms with Gasteiger partial charge < -0.3 is 10.6 Å². The molecule has 0 aromatic heterocycles. The summed E-state index contributed by atoms with van der Waals surface area (Å²) in [6.45, 7) is 7.65. The SMILES string of the molecule is C[C@@H](NS(=O)(=O)c1ccc(NC(=O)CCNC(=O)C(C)(C)C)cc1)[C@@H]1C[C@H]2CC[C@H]1C2. The van der Waals surface area contributed by atoms with Gasteiger partial charge in [0.25, 0.3) is 0 Å². The Hall–Kier alpha value is -1.93. The van der Waals surface area contributed by atoms with Crippen molar-refractivity contribution in [1.29, 1.82) is 0 Å². The largest absolute Gasteiger partial charge is 0.355 e. The van der Waals surface area contributed by atoms with E-state index in [0.29, 0.717) is 17.5 Å². The summed E-state index contributed by atoms with van der Waals surface area (Å²) in [5.41, 5.74) is 0.0213. The van der Waals surface area contributed by atoms with Crippen LogP contribution >= 0.6 is 0 Å². The van der Waals surface area contributed by atoms with E-state index in [1.165, 1.54) is 31.4 Å². The Morgan fingerprint density at radius 1 is 1.10 bits per heavy atom. The van der Waals surface area contributed by atoms with E-state index in [0.717, 1.165) is 12.3 Å². The fourth-order valence-corrected chi connectivity index (χ4v) is 6.10. The van der Waals surface area contributed by atoms with Gasteiger partial charge in [0, 0.05) is 30.1 Å². The van der Waals surface area contributed by atoms with Crippen LogP contribution < -0.4 is 15.4 Å². The zero-order valence-electron chi connectivity index (χ0n) is 18.9. The summed E-state index contributed by atoms with van der Waals surface area (Å²) in [6, 6.07) is 6.10. The molecule has 3 N–H and O–H groups in total. The number of carbonyl (C=O) groups excluding carboxylic acids is 2. The number of rotatable bonds is 8. The molecule has 1 aromatic rings. The summed E-state index contributed by atoms with van der Waals surface area (Å²) in [5, 5.41) is 5.46. The van der Waals surface area contributed by atoms with Crippen LogP contribution in [0.3, 0.4) is 0 Å². The summed E-state index contributed by atoms with van der Waals surface area (Å²) in [6.07, 6.45) is 5.01. The second-order valence-electron chi connectivity index (χ2n) is 10.1. The molecule has 1 aromatic carbocycles. The minimum absolute atomic E-state index is 0.0806. The average Bonchev–Trinajstić information content (AvgIpc) is 3.31. The van der Waals surface area contributed by atoms with E-state index in [9.17, 15) is 18.0 Å². The topological polar surface area (TPSA) is 104 Å². The lowest BCUT2D eigenvalue weighted by atomic mass is 9.84. The Labute approximate surface area is 185 Å². The van der Waals surface area contributed by atoms with Gasteiger partial charge >= 0.3 is 0 Å². The second kappa shape index (κ2) is 9.28. The molecular weight excluding hydrogens is 414 g/mol. The Bertz CT molecular complexity index is 906. The molecule has 2 fully saturated rings. The van der Waals surface area contributed by atoms with E-state index < -0.39 is 15.4 Å². The van der Waals surface area contributed by atoms with Crippen LogP contribution in [-0.2, 0) is 19.6 Å². The van der Waals surface area contributed by atoms with Gasteiger partial charge in [-0.05, 0) is 68.2 Å². The van der Waals surface area contributed by atoms with Crippen molar-refractivity contribution < 1.29 is 18.0 Å². The summed E-state index contributed by atoms with van der Waals surface area (Å²) in [7, 11) is -3.61. The first-order valence-electron chi connectivity index (χ1n) is 11.2. The van der Waals surface area contributed by atoms with E-state index in [1.54, 1.807) is 12.1 Å². The minimum atomic E-state index is -3.61. The van der Waals surface area contributed by atoms with Crippen LogP contribution in [0.4, 0.5) is 5.69 Å². The Morgan fingerprint density at radius 2 is 1.77 bits per heavy atom.